The molecule has 4 nitrogen and oxygen atoms in total. The van der Waals surface area contributed by atoms with E-state index in [9.17, 15) is 4.79 Å². The highest BCUT2D eigenvalue weighted by atomic mass is 35.5. The Labute approximate surface area is 118 Å². The molecule has 1 heterocycles. The van der Waals surface area contributed by atoms with Crippen LogP contribution in [0.1, 0.15) is 48.9 Å². The lowest BCUT2D eigenvalue weighted by Gasteiger charge is -2.21. The molecule has 0 unspecified atom stereocenters. The van der Waals surface area contributed by atoms with Crippen LogP contribution >= 0.6 is 11.6 Å². The van der Waals surface area contributed by atoms with Crippen LogP contribution in [0, 0.1) is 5.92 Å². The quantitative estimate of drug-likeness (QED) is 0.834. The van der Waals surface area contributed by atoms with Crippen LogP contribution in [0.25, 0.3) is 0 Å². The average Bonchev–Trinajstić information content (AvgIpc) is 2.42. The van der Waals surface area contributed by atoms with Crippen LogP contribution in [-0.2, 0) is 0 Å². The van der Waals surface area contributed by atoms with Crippen LogP contribution in [0.4, 0.5) is 5.69 Å². The summed E-state index contributed by atoms with van der Waals surface area (Å²) in [5.41, 5.74) is 6.41. The normalized spacial score (nSPS) is 16.3. The van der Waals surface area contributed by atoms with Crippen molar-refractivity contribution >= 4 is 23.2 Å². The fourth-order valence-electron chi connectivity index (χ4n) is 2.58. The van der Waals surface area contributed by atoms with Crippen molar-refractivity contribution in [2.75, 3.05) is 12.3 Å². The van der Waals surface area contributed by atoms with Gasteiger partial charge in [-0.2, -0.15) is 0 Å². The second-order valence-electron chi connectivity index (χ2n) is 5.16. The number of pyridine rings is 1. The van der Waals surface area contributed by atoms with E-state index in [1.54, 1.807) is 6.07 Å². The zero-order chi connectivity index (χ0) is 13.7. The van der Waals surface area contributed by atoms with E-state index in [1.165, 1.54) is 38.3 Å². The molecule has 3 N–H and O–H groups in total. The minimum Gasteiger partial charge on any atom is -0.397 e. The highest BCUT2D eigenvalue weighted by molar-refractivity contribution is 6.32. The first kappa shape index (κ1) is 14.1. The minimum atomic E-state index is -0.194. The molecule has 104 valence electrons. The third-order valence-electron chi connectivity index (χ3n) is 3.67. The molecule has 0 spiro atoms. The number of halogens is 1. The molecule has 0 bridgehead atoms. The second kappa shape index (κ2) is 6.75. The molecule has 1 amide bonds. The monoisotopic (exact) mass is 281 g/mol. The van der Waals surface area contributed by atoms with Gasteiger partial charge in [0.2, 0.25) is 0 Å². The molecule has 1 aliphatic rings. The van der Waals surface area contributed by atoms with Gasteiger partial charge in [-0.15, -0.1) is 0 Å². The van der Waals surface area contributed by atoms with Gasteiger partial charge < -0.3 is 11.1 Å². The van der Waals surface area contributed by atoms with Crippen LogP contribution in [0.3, 0.4) is 0 Å². The summed E-state index contributed by atoms with van der Waals surface area (Å²) in [5, 5.41) is 3.09. The highest BCUT2D eigenvalue weighted by Gasteiger charge is 2.15. The largest absolute Gasteiger partial charge is 0.397 e. The van der Waals surface area contributed by atoms with Gasteiger partial charge in [0.1, 0.15) is 5.15 Å². The molecule has 1 aromatic heterocycles. The van der Waals surface area contributed by atoms with Crippen molar-refractivity contribution in [2.45, 2.75) is 38.5 Å². The summed E-state index contributed by atoms with van der Waals surface area (Å²) in [6.07, 6.45) is 9.06. The molecule has 1 aliphatic carbocycles. The van der Waals surface area contributed by atoms with Crippen LogP contribution in [0.2, 0.25) is 5.15 Å². The predicted molar refractivity (Wildman–Crippen MR) is 77.2 cm³/mol. The van der Waals surface area contributed by atoms with Crippen molar-refractivity contribution in [1.82, 2.24) is 10.3 Å². The van der Waals surface area contributed by atoms with E-state index in [0.29, 0.717) is 17.8 Å². The van der Waals surface area contributed by atoms with Gasteiger partial charge in [-0.05, 0) is 18.4 Å². The molecule has 1 saturated carbocycles. The summed E-state index contributed by atoms with van der Waals surface area (Å²) in [6, 6.07) is 1.56. The second-order valence-corrected chi connectivity index (χ2v) is 5.51. The van der Waals surface area contributed by atoms with E-state index in [2.05, 4.69) is 10.3 Å². The van der Waals surface area contributed by atoms with Crippen molar-refractivity contribution in [3.63, 3.8) is 0 Å². The van der Waals surface area contributed by atoms with Gasteiger partial charge in [0.05, 0.1) is 17.4 Å². The zero-order valence-corrected chi connectivity index (χ0v) is 11.7. The van der Waals surface area contributed by atoms with E-state index in [4.69, 9.17) is 17.3 Å². The summed E-state index contributed by atoms with van der Waals surface area (Å²) in [4.78, 5) is 15.8. The smallest absolute Gasteiger partial charge is 0.254 e. The van der Waals surface area contributed by atoms with Crippen molar-refractivity contribution < 1.29 is 4.79 Å². The number of hydrogen-bond donors (Lipinski definition) is 2. The first-order chi connectivity index (χ1) is 9.16. The Morgan fingerprint density at radius 2 is 2.16 bits per heavy atom. The summed E-state index contributed by atoms with van der Waals surface area (Å²) in [5.74, 6) is 0.559. The molecule has 0 atom stereocenters. The summed E-state index contributed by atoms with van der Waals surface area (Å²) < 4.78 is 0. The van der Waals surface area contributed by atoms with Gasteiger partial charge in [0.25, 0.3) is 5.91 Å². The summed E-state index contributed by atoms with van der Waals surface area (Å²) >= 11 is 5.89. The number of rotatable bonds is 4. The fraction of sp³-hybridized carbons (Fsp3) is 0.571. The van der Waals surface area contributed by atoms with Crippen molar-refractivity contribution in [1.29, 1.82) is 0 Å². The van der Waals surface area contributed by atoms with Crippen LogP contribution in [0.15, 0.2) is 12.3 Å². The number of amides is 1. The molecule has 0 aromatic carbocycles. The Hall–Kier alpha value is -1.29. The molecule has 0 saturated heterocycles. The zero-order valence-electron chi connectivity index (χ0n) is 11.0. The minimum absolute atomic E-state index is 0.194. The first-order valence-corrected chi connectivity index (χ1v) is 7.24. The van der Waals surface area contributed by atoms with Gasteiger partial charge >= 0.3 is 0 Å². The maximum atomic E-state index is 12.0. The lowest BCUT2D eigenvalue weighted by atomic mass is 9.87. The Bertz CT molecular complexity index is 444. The number of nitrogens with zero attached hydrogens (tertiary/aromatic N) is 1. The van der Waals surface area contributed by atoms with E-state index in [-0.39, 0.29) is 11.1 Å². The average molecular weight is 282 g/mol. The highest BCUT2D eigenvalue weighted by Crippen LogP contribution is 2.25. The maximum Gasteiger partial charge on any atom is 0.254 e. The predicted octanol–water partition coefficient (Wildman–Crippen LogP) is 3.02. The van der Waals surface area contributed by atoms with Crippen LogP contribution in [-0.4, -0.2) is 17.4 Å². The third kappa shape index (κ3) is 4.10. The molecule has 1 fully saturated rings. The molecule has 0 radical (unpaired) electrons. The Morgan fingerprint density at radius 1 is 1.42 bits per heavy atom. The summed E-state index contributed by atoms with van der Waals surface area (Å²) in [6.45, 7) is 0.689. The number of nitrogens with two attached hydrogens (primary N) is 1. The number of anilines is 1. The maximum absolute atomic E-state index is 12.0. The number of hydrogen-bond acceptors (Lipinski definition) is 3. The lowest BCUT2D eigenvalue weighted by molar-refractivity contribution is 0.0950. The molecular formula is C14H20ClN3O. The summed E-state index contributed by atoms with van der Waals surface area (Å²) in [7, 11) is 0. The lowest BCUT2D eigenvalue weighted by Crippen LogP contribution is -2.27. The number of carbonyl (C=O) groups is 1. The van der Waals surface area contributed by atoms with Crippen molar-refractivity contribution in [2.24, 2.45) is 5.92 Å². The standard InChI is InChI=1S/C14H20ClN3O/c15-13-12(8-11(16)9-18-13)14(19)17-7-6-10-4-2-1-3-5-10/h8-10H,1-7,16H2,(H,17,19). The van der Waals surface area contributed by atoms with Gasteiger partial charge in [-0.1, -0.05) is 43.7 Å². The third-order valence-corrected chi connectivity index (χ3v) is 3.97. The molecule has 2 rings (SSSR count). The molecule has 0 aliphatic heterocycles. The molecule has 5 heteroatoms. The SMILES string of the molecule is Nc1cnc(Cl)c(C(=O)NCCC2CCCCC2)c1. The van der Waals surface area contributed by atoms with E-state index < -0.39 is 0 Å². The van der Waals surface area contributed by atoms with Gasteiger partial charge in [0, 0.05) is 6.54 Å². The fourth-order valence-corrected chi connectivity index (χ4v) is 2.77. The van der Waals surface area contributed by atoms with Crippen molar-refractivity contribution in [3.05, 3.63) is 23.0 Å². The Balaban J connectivity index is 1.82. The number of aromatic nitrogens is 1. The van der Waals surface area contributed by atoms with Crippen LogP contribution < -0.4 is 11.1 Å². The van der Waals surface area contributed by atoms with Crippen molar-refractivity contribution in [3.8, 4) is 0 Å². The van der Waals surface area contributed by atoms with E-state index >= 15 is 0 Å². The molecule has 1 aromatic rings. The van der Waals surface area contributed by atoms with Crippen LogP contribution in [0.5, 0.6) is 0 Å². The first-order valence-electron chi connectivity index (χ1n) is 6.86. The van der Waals surface area contributed by atoms with E-state index in [1.807, 2.05) is 0 Å². The van der Waals surface area contributed by atoms with Gasteiger partial charge in [-0.3, -0.25) is 4.79 Å². The number of nitrogens with one attached hydrogen (secondary N) is 1. The van der Waals surface area contributed by atoms with E-state index in [0.717, 1.165) is 12.3 Å². The number of nitrogen functional groups attached to an aromatic ring is 1. The Morgan fingerprint density at radius 3 is 2.89 bits per heavy atom. The Kier molecular flexibility index (Phi) is 5.02. The topological polar surface area (TPSA) is 68.0 Å². The number of carbonyl (C=O) groups excluding carboxylic acids is 1. The molecular weight excluding hydrogens is 262 g/mol. The van der Waals surface area contributed by atoms with Gasteiger partial charge in [-0.25, -0.2) is 4.98 Å². The molecule has 19 heavy (non-hydrogen) atoms. The van der Waals surface area contributed by atoms with Gasteiger partial charge in [0.15, 0.2) is 0 Å².